The molecule has 0 aromatic carbocycles. The zero-order chi connectivity index (χ0) is 15.0. The number of nitrogens with zero attached hydrogens (tertiary/aromatic N) is 6. The van der Waals surface area contributed by atoms with E-state index < -0.39 is 28.1 Å². The Labute approximate surface area is 96.6 Å². The van der Waals surface area contributed by atoms with Crippen molar-refractivity contribution in [2.24, 2.45) is 0 Å². The molecule has 0 aromatic heterocycles. The molecule has 0 unspecified atom stereocenters. The zero-order valence-electron chi connectivity index (χ0n) is 8.79. The Balaban J connectivity index is 0. The molecule has 12 nitrogen and oxygen atoms in total. The second-order valence-electron chi connectivity index (χ2n) is 3.21. The molecule has 0 atom stereocenters. The number of hydrogen-bond donors (Lipinski definition) is 1. The maximum absolute atomic E-state index is 12.4. The molecule has 0 radical (unpaired) electrons. The Bertz CT molecular complexity index is 1070. The fourth-order valence-corrected chi connectivity index (χ4v) is 2.87. The van der Waals surface area contributed by atoms with Crippen LogP contribution in [0.15, 0.2) is 0 Å². The SMILES string of the molecule is N.N#C[O][Ru](=[O])(=[O])(=[O])([C]#N)([C]#N)([C]#N)([C]#N)[O]C#N. The molecular weight excluding hydrogens is 351 g/mol. The first-order valence-corrected chi connectivity index (χ1v) is 10.2. The first-order chi connectivity index (χ1) is 7.66. The Kier molecular flexibility index (Phi) is 1.52. The van der Waals surface area contributed by atoms with E-state index in [1.807, 2.05) is 0 Å². The second-order valence-corrected chi connectivity index (χ2v) is 18.1. The van der Waals surface area contributed by atoms with Gasteiger partial charge in [-0.3, -0.25) is 0 Å². The fraction of sp³-hybridized carbons (Fsp3) is 0. The van der Waals surface area contributed by atoms with Gasteiger partial charge in [0.2, 0.25) is 0 Å². The number of rotatable bonds is 2. The van der Waals surface area contributed by atoms with Gasteiger partial charge in [0.25, 0.3) is 0 Å². The summed E-state index contributed by atoms with van der Waals surface area (Å²) < 4.78 is 41.0. The van der Waals surface area contributed by atoms with Gasteiger partial charge in [0.05, 0.1) is 0 Å². The molecule has 0 saturated heterocycles. The van der Waals surface area contributed by atoms with Crippen LogP contribution in [0.3, 0.4) is 0 Å². The first-order valence-electron chi connectivity index (χ1n) is 3.18. The summed E-state index contributed by atoms with van der Waals surface area (Å²) in [5.74, 6) is 0. The van der Waals surface area contributed by atoms with Crippen molar-refractivity contribution in [2.75, 3.05) is 0 Å². The molecule has 0 aliphatic carbocycles. The fourth-order valence-electron chi connectivity index (χ4n) is 0.484. The van der Waals surface area contributed by atoms with Gasteiger partial charge in [-0.2, -0.15) is 0 Å². The number of nitriles is 6. The average molecular weight is 354 g/mol. The Hall–Kier alpha value is -3.48. The molecular formula is C6H3N7O5Ru. The van der Waals surface area contributed by atoms with Gasteiger partial charge in [-0.25, -0.2) is 0 Å². The van der Waals surface area contributed by atoms with Crippen LogP contribution >= 0.6 is 0 Å². The standard InChI is InChI=1S/2CHNO.4CN.H3N.3O.Ru/c2*2-1-3;4*1-2;;;;;/h2*3H;;;;;1H3;;;;/q;;;;;;;;;;+2/p-2. The van der Waals surface area contributed by atoms with Gasteiger partial charge in [-0.1, -0.05) is 0 Å². The molecule has 0 fully saturated rings. The third-order valence-electron chi connectivity index (χ3n) is 1.71. The van der Waals surface area contributed by atoms with Crippen molar-refractivity contribution >= 4 is 0 Å². The molecule has 3 N–H and O–H groups in total. The van der Waals surface area contributed by atoms with Gasteiger partial charge in [0.1, 0.15) is 0 Å². The van der Waals surface area contributed by atoms with Crippen LogP contribution in [0.5, 0.6) is 0 Å². The van der Waals surface area contributed by atoms with Crippen LogP contribution in [-0.2, 0) is 27.3 Å². The third-order valence-corrected chi connectivity index (χ3v) is 10.1. The Morgan fingerprint density at radius 3 is 0.947 bits per heavy atom. The molecule has 0 bridgehead atoms. The summed E-state index contributed by atoms with van der Waals surface area (Å²) in [5, 5.41) is 50.6. The van der Waals surface area contributed by atoms with Gasteiger partial charge in [-0.05, 0) is 0 Å². The van der Waals surface area contributed by atoms with E-state index in [-0.39, 0.29) is 18.7 Å². The van der Waals surface area contributed by atoms with Crippen molar-refractivity contribution in [1.82, 2.24) is 6.15 Å². The van der Waals surface area contributed by atoms with E-state index >= 15 is 0 Å². The van der Waals surface area contributed by atoms with Crippen molar-refractivity contribution in [3.05, 3.63) is 0 Å². The Morgan fingerprint density at radius 2 is 0.842 bits per heavy atom. The summed E-state index contributed by atoms with van der Waals surface area (Å²) in [4.78, 5) is 0. The average Bonchev–Trinajstić information content (AvgIpc) is 2.34. The van der Waals surface area contributed by atoms with Gasteiger partial charge >= 0.3 is 90.1 Å². The molecule has 0 amide bonds. The minimum absolute atomic E-state index is 0. The van der Waals surface area contributed by atoms with E-state index in [1.54, 1.807) is 0 Å². The van der Waals surface area contributed by atoms with Gasteiger partial charge in [0.15, 0.2) is 0 Å². The second kappa shape index (κ2) is 1.62. The topological polar surface area (TPSA) is 247 Å². The van der Waals surface area contributed by atoms with Crippen LogP contribution in [0.1, 0.15) is 0 Å². The molecule has 100 valence electrons. The minimum atomic E-state index is -12.4. The zero-order valence-corrected chi connectivity index (χ0v) is 10.5. The number of hydrogen-bond acceptors (Lipinski definition) is 12. The molecule has 0 aromatic rings. The van der Waals surface area contributed by atoms with Gasteiger partial charge in [0, 0.05) is 0 Å². The molecule has 13 heteroatoms. The summed E-state index contributed by atoms with van der Waals surface area (Å²) in [5.41, 5.74) is 0. The van der Waals surface area contributed by atoms with Crippen LogP contribution in [0.25, 0.3) is 0 Å². The van der Waals surface area contributed by atoms with E-state index in [0.29, 0.717) is 0 Å². The monoisotopic (exact) mass is 355 g/mol. The summed E-state index contributed by atoms with van der Waals surface area (Å²) in [7, 11) is -12.4. The molecule has 0 saturated carbocycles. The molecule has 0 aliphatic rings. The van der Waals surface area contributed by atoms with Crippen LogP contribution in [0.4, 0.5) is 0 Å². The molecule has 0 rings (SSSR count). The summed E-state index contributed by atoms with van der Waals surface area (Å²) in [6, 6.07) is 0. The van der Waals surface area contributed by atoms with Crippen molar-refractivity contribution in [2.45, 2.75) is 0 Å². The van der Waals surface area contributed by atoms with E-state index in [2.05, 4.69) is 7.13 Å². The van der Waals surface area contributed by atoms with Crippen molar-refractivity contribution < 1.29 is 27.3 Å². The normalized spacial score (nSPS) is 19.8. The van der Waals surface area contributed by atoms with Gasteiger partial charge in [-0.15, -0.1) is 0 Å². The molecule has 0 heterocycles. The van der Waals surface area contributed by atoms with E-state index in [9.17, 15) is 10.7 Å². The summed E-state index contributed by atoms with van der Waals surface area (Å²) in [6.07, 6.45) is 0.122. The summed E-state index contributed by atoms with van der Waals surface area (Å²) in [6.45, 7) is 0. The van der Waals surface area contributed by atoms with Crippen molar-refractivity contribution in [3.8, 4) is 31.2 Å². The van der Waals surface area contributed by atoms with E-state index in [4.69, 9.17) is 31.6 Å². The molecule has 0 aliphatic heterocycles. The van der Waals surface area contributed by atoms with Crippen molar-refractivity contribution in [3.63, 3.8) is 0 Å². The quantitative estimate of drug-likeness (QED) is 0.498. The predicted octanol–water partition coefficient (Wildman–Crippen LogP) is -0.233. The van der Waals surface area contributed by atoms with Gasteiger partial charge < -0.3 is 6.15 Å². The van der Waals surface area contributed by atoms with E-state index in [0.717, 1.165) is 0 Å². The Morgan fingerprint density at radius 1 is 0.632 bits per heavy atom. The predicted molar refractivity (Wildman–Crippen MR) is 42.9 cm³/mol. The van der Waals surface area contributed by atoms with Crippen LogP contribution < -0.4 is 6.15 Å². The first kappa shape index (κ1) is 17.9. The molecule has 0 spiro atoms. The third kappa shape index (κ3) is 1.05. The molecule has 19 heavy (non-hydrogen) atoms. The maximum atomic E-state index is 12.4. The summed E-state index contributed by atoms with van der Waals surface area (Å²) >= 11 is 0. The van der Waals surface area contributed by atoms with Crippen LogP contribution in [-0.4, -0.2) is 0 Å². The van der Waals surface area contributed by atoms with Crippen LogP contribution in [0.2, 0.25) is 0 Å². The van der Waals surface area contributed by atoms with Crippen molar-refractivity contribution in [1.29, 1.82) is 31.6 Å². The van der Waals surface area contributed by atoms with Crippen LogP contribution in [0, 0.1) is 62.7 Å². The van der Waals surface area contributed by atoms with E-state index in [1.165, 1.54) is 0 Å².